The molecular weight excluding hydrogens is 340 g/mol. The lowest BCUT2D eigenvalue weighted by atomic mass is 9.96. The molecule has 1 aromatic rings. The topological polar surface area (TPSA) is 82.5 Å². The van der Waals surface area contributed by atoms with Crippen LogP contribution in [0.5, 0.6) is 0 Å². The second-order valence-corrected chi connectivity index (χ2v) is 6.95. The molecule has 1 saturated heterocycles. The summed E-state index contributed by atoms with van der Waals surface area (Å²) in [7, 11) is 1.90. The van der Waals surface area contributed by atoms with E-state index in [0.29, 0.717) is 23.9 Å². The Balaban J connectivity index is 1.80. The van der Waals surface area contributed by atoms with Crippen molar-refractivity contribution in [3.8, 4) is 0 Å². The standard InChI is InChI=1S/C20H28N6O/c1-14-18(25-15(2)20(27)22-11-6-10-21-3)19(24-13-23-14)26-12-9-16-7-4-5-8-17(16)26/h4-5,7-8,13,16-17,21H,6,9-12H2,1-3H3,(H,22,27)/b25-15+/t16?,17-/m0/s1. The summed E-state index contributed by atoms with van der Waals surface area (Å²) in [5.41, 5.74) is 1.89. The fourth-order valence-corrected chi connectivity index (χ4v) is 3.54. The molecule has 1 amide bonds. The number of rotatable bonds is 7. The van der Waals surface area contributed by atoms with Crippen LogP contribution >= 0.6 is 0 Å². The highest BCUT2D eigenvalue weighted by atomic mass is 16.1. The summed E-state index contributed by atoms with van der Waals surface area (Å²) < 4.78 is 0. The summed E-state index contributed by atoms with van der Waals surface area (Å²) in [5.74, 6) is 1.15. The van der Waals surface area contributed by atoms with Gasteiger partial charge in [0.2, 0.25) is 0 Å². The number of carbonyl (C=O) groups excluding carboxylic acids is 1. The minimum atomic E-state index is -0.153. The summed E-state index contributed by atoms with van der Waals surface area (Å²) >= 11 is 0. The quantitative estimate of drug-likeness (QED) is 0.568. The molecule has 144 valence electrons. The number of nitrogens with one attached hydrogen (secondary N) is 2. The van der Waals surface area contributed by atoms with Crippen LogP contribution in [0, 0.1) is 12.8 Å². The summed E-state index contributed by atoms with van der Waals surface area (Å²) in [5, 5.41) is 5.97. The van der Waals surface area contributed by atoms with Crippen molar-refractivity contribution in [3.63, 3.8) is 0 Å². The third-order valence-electron chi connectivity index (χ3n) is 5.03. The van der Waals surface area contributed by atoms with E-state index in [4.69, 9.17) is 0 Å². The Labute approximate surface area is 160 Å². The number of fused-ring (bicyclic) bond motifs is 1. The summed E-state index contributed by atoms with van der Waals surface area (Å²) in [4.78, 5) is 28.1. The van der Waals surface area contributed by atoms with Gasteiger partial charge in [0.25, 0.3) is 5.91 Å². The zero-order chi connectivity index (χ0) is 19.2. The molecular formula is C20H28N6O. The van der Waals surface area contributed by atoms with Gasteiger partial charge in [-0.2, -0.15) is 0 Å². The second kappa shape index (κ2) is 8.90. The number of hydrogen-bond donors (Lipinski definition) is 2. The van der Waals surface area contributed by atoms with E-state index >= 15 is 0 Å². The monoisotopic (exact) mass is 368 g/mol. The summed E-state index contributed by atoms with van der Waals surface area (Å²) in [6.45, 7) is 6.05. The molecule has 0 bridgehead atoms. The number of aromatic nitrogens is 2. The molecule has 1 aromatic heterocycles. The van der Waals surface area contributed by atoms with Crippen LogP contribution in [0.15, 0.2) is 35.6 Å². The molecule has 2 aliphatic rings. The highest BCUT2D eigenvalue weighted by molar-refractivity contribution is 6.38. The molecule has 27 heavy (non-hydrogen) atoms. The summed E-state index contributed by atoms with van der Waals surface area (Å²) in [6, 6.07) is 0.286. The number of nitrogens with zero attached hydrogens (tertiary/aromatic N) is 4. The van der Waals surface area contributed by atoms with E-state index in [9.17, 15) is 4.79 Å². The third kappa shape index (κ3) is 4.42. The molecule has 2 heterocycles. The van der Waals surface area contributed by atoms with Gasteiger partial charge in [-0.3, -0.25) is 4.79 Å². The highest BCUT2D eigenvalue weighted by Crippen LogP contribution is 2.37. The smallest absolute Gasteiger partial charge is 0.265 e. The van der Waals surface area contributed by atoms with Crippen molar-refractivity contribution in [2.45, 2.75) is 32.7 Å². The molecule has 7 heteroatoms. The molecule has 1 aliphatic carbocycles. The molecule has 0 spiro atoms. The Morgan fingerprint density at radius 2 is 2.11 bits per heavy atom. The highest BCUT2D eigenvalue weighted by Gasteiger charge is 2.34. The predicted molar refractivity (Wildman–Crippen MR) is 109 cm³/mol. The Bertz CT molecular complexity index is 770. The second-order valence-electron chi connectivity index (χ2n) is 6.95. The molecule has 2 N–H and O–H groups in total. The average Bonchev–Trinajstić information content (AvgIpc) is 3.10. The van der Waals surface area contributed by atoms with Gasteiger partial charge in [0, 0.05) is 19.0 Å². The van der Waals surface area contributed by atoms with Gasteiger partial charge in [0.15, 0.2) is 5.82 Å². The number of anilines is 1. The lowest BCUT2D eigenvalue weighted by Crippen LogP contribution is -2.33. The molecule has 1 fully saturated rings. The van der Waals surface area contributed by atoms with Crippen molar-refractivity contribution >= 4 is 23.1 Å². The minimum absolute atomic E-state index is 0.153. The van der Waals surface area contributed by atoms with E-state index in [1.807, 2.05) is 14.0 Å². The zero-order valence-corrected chi connectivity index (χ0v) is 16.3. The van der Waals surface area contributed by atoms with E-state index in [1.54, 1.807) is 13.3 Å². The molecule has 1 aliphatic heterocycles. The fraction of sp³-hybridized carbons (Fsp3) is 0.500. The zero-order valence-electron chi connectivity index (χ0n) is 16.3. The summed E-state index contributed by atoms with van der Waals surface area (Å²) in [6.07, 6.45) is 12.2. The third-order valence-corrected chi connectivity index (χ3v) is 5.03. The van der Waals surface area contributed by atoms with Gasteiger partial charge in [0.1, 0.15) is 17.7 Å². The van der Waals surface area contributed by atoms with E-state index in [-0.39, 0.29) is 11.9 Å². The van der Waals surface area contributed by atoms with Crippen LogP contribution in [0.25, 0.3) is 0 Å². The van der Waals surface area contributed by atoms with Gasteiger partial charge in [-0.15, -0.1) is 0 Å². The maximum atomic E-state index is 12.3. The first-order valence-electron chi connectivity index (χ1n) is 9.53. The van der Waals surface area contributed by atoms with Crippen molar-refractivity contribution in [2.24, 2.45) is 10.9 Å². The number of aryl methyl sites for hydroxylation is 1. The molecule has 1 unspecified atom stereocenters. The maximum absolute atomic E-state index is 12.3. The largest absolute Gasteiger partial charge is 0.351 e. The lowest BCUT2D eigenvalue weighted by Gasteiger charge is -2.28. The number of allylic oxidation sites excluding steroid dienone is 2. The average molecular weight is 368 g/mol. The first-order valence-corrected chi connectivity index (χ1v) is 9.53. The molecule has 2 atom stereocenters. The van der Waals surface area contributed by atoms with Gasteiger partial charge < -0.3 is 15.5 Å². The van der Waals surface area contributed by atoms with E-state index in [2.05, 4.69) is 54.8 Å². The van der Waals surface area contributed by atoms with Crippen LogP contribution in [0.4, 0.5) is 11.5 Å². The SMILES string of the molecule is CNCCCNC(=O)/C(C)=N/c1c(C)ncnc1N1CCC2C=CC=C[C@@H]21. The fourth-order valence-electron chi connectivity index (χ4n) is 3.54. The van der Waals surface area contributed by atoms with Crippen LogP contribution in [-0.2, 0) is 4.79 Å². The van der Waals surface area contributed by atoms with E-state index in [1.165, 1.54) is 0 Å². The first kappa shape index (κ1) is 19.2. The number of aliphatic imine (C=N–C) groups is 1. The van der Waals surface area contributed by atoms with Crippen molar-refractivity contribution < 1.29 is 4.79 Å². The van der Waals surface area contributed by atoms with Crippen molar-refractivity contribution in [3.05, 3.63) is 36.3 Å². The number of amides is 1. The first-order chi connectivity index (χ1) is 13.1. The van der Waals surface area contributed by atoms with Crippen LogP contribution in [0.1, 0.15) is 25.5 Å². The van der Waals surface area contributed by atoms with Crippen molar-refractivity contribution in [2.75, 3.05) is 31.6 Å². The van der Waals surface area contributed by atoms with Crippen molar-refractivity contribution in [1.82, 2.24) is 20.6 Å². The van der Waals surface area contributed by atoms with Crippen molar-refractivity contribution in [1.29, 1.82) is 0 Å². The Hall–Kier alpha value is -2.54. The molecule has 0 radical (unpaired) electrons. The normalized spacial score (nSPS) is 21.4. The van der Waals surface area contributed by atoms with Gasteiger partial charge in [-0.1, -0.05) is 24.3 Å². The number of carbonyl (C=O) groups is 1. The van der Waals surface area contributed by atoms with Crippen LogP contribution in [-0.4, -0.2) is 54.3 Å². The maximum Gasteiger partial charge on any atom is 0.265 e. The van der Waals surface area contributed by atoms with E-state index < -0.39 is 0 Å². The Morgan fingerprint density at radius 3 is 2.93 bits per heavy atom. The molecule has 7 nitrogen and oxygen atoms in total. The van der Waals surface area contributed by atoms with Gasteiger partial charge in [-0.05, 0) is 40.3 Å². The van der Waals surface area contributed by atoms with Crippen LogP contribution < -0.4 is 15.5 Å². The van der Waals surface area contributed by atoms with Gasteiger partial charge in [0.05, 0.1) is 11.7 Å². The Morgan fingerprint density at radius 1 is 1.30 bits per heavy atom. The minimum Gasteiger partial charge on any atom is -0.351 e. The van der Waals surface area contributed by atoms with Crippen LogP contribution in [0.3, 0.4) is 0 Å². The molecule has 0 aromatic carbocycles. The lowest BCUT2D eigenvalue weighted by molar-refractivity contribution is -0.114. The molecule has 3 rings (SSSR count). The van der Waals surface area contributed by atoms with Gasteiger partial charge in [-0.25, -0.2) is 15.0 Å². The van der Waals surface area contributed by atoms with E-state index in [0.717, 1.165) is 37.4 Å². The Kier molecular flexibility index (Phi) is 6.34. The number of hydrogen-bond acceptors (Lipinski definition) is 6. The van der Waals surface area contributed by atoms with Crippen LogP contribution in [0.2, 0.25) is 0 Å². The molecule has 0 saturated carbocycles. The predicted octanol–water partition coefficient (Wildman–Crippen LogP) is 1.92. The van der Waals surface area contributed by atoms with Gasteiger partial charge >= 0.3 is 0 Å².